The highest BCUT2D eigenvalue weighted by molar-refractivity contribution is 5.86. The van der Waals surface area contributed by atoms with E-state index >= 15 is 0 Å². The van der Waals surface area contributed by atoms with E-state index in [9.17, 15) is 9.59 Å². The van der Waals surface area contributed by atoms with Crippen LogP contribution in [-0.4, -0.2) is 23.9 Å². The molecule has 1 aliphatic rings. The molecule has 0 bridgehead atoms. The fourth-order valence-corrected chi connectivity index (χ4v) is 2.30. The summed E-state index contributed by atoms with van der Waals surface area (Å²) >= 11 is 0. The largest absolute Gasteiger partial charge is 0.352 e. The predicted molar refractivity (Wildman–Crippen MR) is 67.5 cm³/mol. The monoisotopic (exact) mass is 240 g/mol. The Kier molecular flexibility index (Phi) is 6.01. The van der Waals surface area contributed by atoms with Gasteiger partial charge in [-0.2, -0.15) is 0 Å². The highest BCUT2D eigenvalue weighted by Crippen LogP contribution is 2.17. The quantitative estimate of drug-likeness (QED) is 0.789. The van der Waals surface area contributed by atoms with E-state index in [0.717, 1.165) is 12.8 Å². The Morgan fingerprint density at radius 3 is 2.12 bits per heavy atom. The normalized spacial score (nSPS) is 19.9. The molecule has 0 aromatic carbocycles. The Morgan fingerprint density at radius 1 is 1.06 bits per heavy atom. The number of carbonyl (C=O) groups excluding carboxylic acids is 2. The van der Waals surface area contributed by atoms with E-state index < -0.39 is 6.04 Å². The molecule has 4 heteroatoms. The predicted octanol–water partition coefficient (Wildman–Crippen LogP) is 1.74. The van der Waals surface area contributed by atoms with E-state index in [1.807, 2.05) is 0 Å². The van der Waals surface area contributed by atoms with Gasteiger partial charge in [0.15, 0.2) is 0 Å². The first-order chi connectivity index (χ1) is 8.09. The molecule has 98 valence electrons. The molecule has 1 fully saturated rings. The lowest BCUT2D eigenvalue weighted by Gasteiger charge is -2.23. The Balaban J connectivity index is 2.34. The minimum Gasteiger partial charge on any atom is -0.352 e. The summed E-state index contributed by atoms with van der Waals surface area (Å²) in [5, 5.41) is 5.65. The van der Waals surface area contributed by atoms with Crippen molar-refractivity contribution < 1.29 is 9.59 Å². The topological polar surface area (TPSA) is 58.2 Å². The summed E-state index contributed by atoms with van der Waals surface area (Å²) in [6.45, 7) is 3.15. The molecule has 0 radical (unpaired) electrons. The molecule has 1 atom stereocenters. The van der Waals surface area contributed by atoms with Crippen LogP contribution in [0.1, 0.15) is 58.8 Å². The van der Waals surface area contributed by atoms with Crippen LogP contribution in [0.15, 0.2) is 0 Å². The molecule has 17 heavy (non-hydrogen) atoms. The van der Waals surface area contributed by atoms with Gasteiger partial charge < -0.3 is 10.6 Å². The van der Waals surface area contributed by atoms with Gasteiger partial charge in [-0.25, -0.2) is 0 Å². The molecule has 0 aromatic rings. The molecule has 0 aromatic heterocycles. The first-order valence-electron chi connectivity index (χ1n) is 6.67. The van der Waals surface area contributed by atoms with Crippen LogP contribution in [0.25, 0.3) is 0 Å². The minimum atomic E-state index is -0.432. The molecule has 0 spiro atoms. The zero-order valence-electron chi connectivity index (χ0n) is 10.9. The van der Waals surface area contributed by atoms with Gasteiger partial charge in [0.05, 0.1) is 0 Å². The minimum absolute atomic E-state index is 0.0641. The Morgan fingerprint density at radius 2 is 1.59 bits per heavy atom. The first-order valence-corrected chi connectivity index (χ1v) is 6.67. The van der Waals surface area contributed by atoms with Crippen LogP contribution < -0.4 is 10.6 Å². The Hall–Kier alpha value is -1.06. The van der Waals surface area contributed by atoms with Gasteiger partial charge in [0.1, 0.15) is 6.04 Å². The number of hydrogen-bond acceptors (Lipinski definition) is 2. The lowest BCUT2D eigenvalue weighted by Crippen LogP contribution is -2.47. The fraction of sp³-hybridized carbons (Fsp3) is 0.846. The average molecular weight is 240 g/mol. The highest BCUT2D eigenvalue weighted by Gasteiger charge is 2.18. The molecular formula is C13H24N2O2. The third-order valence-electron chi connectivity index (χ3n) is 3.26. The molecule has 1 rings (SSSR count). The lowest BCUT2D eigenvalue weighted by molar-refractivity contribution is -0.128. The van der Waals surface area contributed by atoms with E-state index in [1.54, 1.807) is 6.92 Å². The number of hydrogen-bond donors (Lipinski definition) is 2. The lowest BCUT2D eigenvalue weighted by atomic mass is 9.96. The van der Waals surface area contributed by atoms with Crippen LogP contribution in [0.4, 0.5) is 0 Å². The smallest absolute Gasteiger partial charge is 0.242 e. The van der Waals surface area contributed by atoms with Crippen LogP contribution in [0.2, 0.25) is 0 Å². The van der Waals surface area contributed by atoms with Gasteiger partial charge in [-0.05, 0) is 19.8 Å². The van der Waals surface area contributed by atoms with Crippen LogP contribution >= 0.6 is 0 Å². The fourth-order valence-electron chi connectivity index (χ4n) is 2.30. The van der Waals surface area contributed by atoms with Gasteiger partial charge in [-0.15, -0.1) is 0 Å². The summed E-state index contributed by atoms with van der Waals surface area (Å²) in [7, 11) is 0. The van der Waals surface area contributed by atoms with Crippen molar-refractivity contribution in [3.05, 3.63) is 0 Å². The highest BCUT2D eigenvalue weighted by atomic mass is 16.2. The SMILES string of the molecule is CC(=O)N[C@@H](C)C(=O)NC1CCCCCCC1. The molecule has 4 nitrogen and oxygen atoms in total. The Labute approximate surface area is 104 Å². The average Bonchev–Trinajstić information content (AvgIpc) is 2.20. The molecule has 2 amide bonds. The number of nitrogens with one attached hydrogen (secondary N) is 2. The molecule has 0 saturated heterocycles. The second-order valence-corrected chi connectivity index (χ2v) is 4.97. The maximum atomic E-state index is 11.8. The summed E-state index contributed by atoms with van der Waals surface area (Å²) in [5.41, 5.74) is 0. The number of carbonyl (C=O) groups is 2. The van der Waals surface area contributed by atoms with Crippen molar-refractivity contribution >= 4 is 11.8 Å². The van der Waals surface area contributed by atoms with E-state index in [4.69, 9.17) is 0 Å². The van der Waals surface area contributed by atoms with Crippen molar-refractivity contribution in [2.75, 3.05) is 0 Å². The summed E-state index contributed by atoms with van der Waals surface area (Å²) < 4.78 is 0. The van der Waals surface area contributed by atoms with Gasteiger partial charge in [0.2, 0.25) is 11.8 Å². The summed E-state index contributed by atoms with van der Waals surface area (Å²) in [6, 6.07) is -0.142. The van der Waals surface area contributed by atoms with Crippen LogP contribution in [-0.2, 0) is 9.59 Å². The summed E-state index contributed by atoms with van der Waals surface area (Å²) in [5.74, 6) is -0.226. The van der Waals surface area contributed by atoms with Gasteiger partial charge >= 0.3 is 0 Å². The van der Waals surface area contributed by atoms with Crippen LogP contribution in [0.5, 0.6) is 0 Å². The molecule has 0 heterocycles. The maximum absolute atomic E-state index is 11.8. The van der Waals surface area contributed by atoms with Crippen molar-refractivity contribution in [1.29, 1.82) is 0 Å². The molecule has 1 aliphatic carbocycles. The molecule has 0 aliphatic heterocycles. The van der Waals surface area contributed by atoms with Gasteiger partial charge in [-0.3, -0.25) is 9.59 Å². The number of rotatable bonds is 3. The number of amides is 2. The first kappa shape index (κ1) is 14.0. The van der Waals surface area contributed by atoms with E-state index in [-0.39, 0.29) is 11.8 Å². The van der Waals surface area contributed by atoms with Gasteiger partial charge in [0.25, 0.3) is 0 Å². The third kappa shape index (κ3) is 5.71. The standard InChI is InChI=1S/C13H24N2O2/c1-10(14-11(2)16)13(17)15-12-8-6-4-3-5-7-9-12/h10,12H,3-9H2,1-2H3,(H,14,16)(H,15,17)/t10-/m0/s1. The van der Waals surface area contributed by atoms with Gasteiger partial charge in [-0.1, -0.05) is 32.1 Å². The van der Waals surface area contributed by atoms with Crippen molar-refractivity contribution in [3.63, 3.8) is 0 Å². The third-order valence-corrected chi connectivity index (χ3v) is 3.26. The van der Waals surface area contributed by atoms with Crippen molar-refractivity contribution in [3.8, 4) is 0 Å². The van der Waals surface area contributed by atoms with Gasteiger partial charge in [0, 0.05) is 13.0 Å². The molecule has 0 unspecified atom stereocenters. The van der Waals surface area contributed by atoms with Crippen molar-refractivity contribution in [1.82, 2.24) is 10.6 Å². The Bertz CT molecular complexity index is 258. The molecule has 2 N–H and O–H groups in total. The molecule has 1 saturated carbocycles. The van der Waals surface area contributed by atoms with Crippen LogP contribution in [0.3, 0.4) is 0 Å². The second kappa shape index (κ2) is 7.30. The summed E-state index contributed by atoms with van der Waals surface area (Å²) in [4.78, 5) is 22.7. The van der Waals surface area contributed by atoms with Crippen molar-refractivity contribution in [2.24, 2.45) is 0 Å². The van der Waals surface area contributed by atoms with Crippen molar-refractivity contribution in [2.45, 2.75) is 70.9 Å². The van der Waals surface area contributed by atoms with Crippen LogP contribution in [0, 0.1) is 0 Å². The van der Waals surface area contributed by atoms with E-state index in [2.05, 4.69) is 10.6 Å². The second-order valence-electron chi connectivity index (χ2n) is 4.97. The zero-order valence-corrected chi connectivity index (χ0v) is 10.9. The van der Waals surface area contributed by atoms with E-state index in [1.165, 1.54) is 39.0 Å². The van der Waals surface area contributed by atoms with E-state index in [0.29, 0.717) is 6.04 Å². The summed E-state index contributed by atoms with van der Waals surface area (Å²) in [6.07, 6.45) is 8.39. The zero-order chi connectivity index (χ0) is 12.7. The maximum Gasteiger partial charge on any atom is 0.242 e. The molecular weight excluding hydrogens is 216 g/mol.